The molecule has 1 aliphatic heterocycles. The zero-order chi connectivity index (χ0) is 13.8. The van der Waals surface area contributed by atoms with Crippen molar-refractivity contribution in [3.05, 3.63) is 32.9 Å². The maximum atomic E-state index is 12.5. The van der Waals surface area contributed by atoms with Crippen LogP contribution in [0.1, 0.15) is 28.8 Å². The van der Waals surface area contributed by atoms with E-state index in [0.717, 1.165) is 47.3 Å². The van der Waals surface area contributed by atoms with Gasteiger partial charge >= 0.3 is 0 Å². The Balaban J connectivity index is 2.03. The van der Waals surface area contributed by atoms with E-state index in [1.165, 1.54) is 0 Å². The Hall–Kier alpha value is -0.620. The molecule has 0 N–H and O–H groups in total. The average molecular weight is 373 g/mol. The summed E-state index contributed by atoms with van der Waals surface area (Å²) >= 11 is 2.26. The molecule has 0 spiro atoms. The van der Waals surface area contributed by atoms with Crippen molar-refractivity contribution in [1.82, 2.24) is 4.90 Å². The van der Waals surface area contributed by atoms with Gasteiger partial charge in [0.15, 0.2) is 0 Å². The molecule has 0 atom stereocenters. The topological polar surface area (TPSA) is 29.5 Å². The Labute approximate surface area is 128 Å². The molecule has 104 valence electrons. The fraction of sp³-hybridized carbons (Fsp3) is 0.533. The zero-order valence-corrected chi connectivity index (χ0v) is 13.6. The highest BCUT2D eigenvalue weighted by molar-refractivity contribution is 14.1. The SMILES string of the molecule is Cc1cccc(C(=O)N(C)CC2CCOCC2)c1I. The third-order valence-corrected chi connectivity index (χ3v) is 5.07. The summed E-state index contributed by atoms with van der Waals surface area (Å²) in [6, 6.07) is 5.90. The van der Waals surface area contributed by atoms with Gasteiger partial charge in [-0.1, -0.05) is 12.1 Å². The van der Waals surface area contributed by atoms with E-state index in [-0.39, 0.29) is 5.91 Å². The molecule has 1 heterocycles. The van der Waals surface area contributed by atoms with Gasteiger partial charge in [-0.15, -0.1) is 0 Å². The maximum absolute atomic E-state index is 12.5. The van der Waals surface area contributed by atoms with Gasteiger partial charge in [-0.25, -0.2) is 0 Å². The van der Waals surface area contributed by atoms with Gasteiger partial charge in [0, 0.05) is 30.4 Å². The first-order chi connectivity index (χ1) is 9.09. The van der Waals surface area contributed by atoms with Crippen molar-refractivity contribution in [2.45, 2.75) is 19.8 Å². The molecule has 1 aliphatic rings. The number of rotatable bonds is 3. The van der Waals surface area contributed by atoms with Gasteiger partial charge in [0.1, 0.15) is 0 Å². The van der Waals surface area contributed by atoms with Crippen LogP contribution in [0, 0.1) is 16.4 Å². The Kier molecular flexibility index (Phi) is 5.21. The second kappa shape index (κ2) is 6.70. The zero-order valence-electron chi connectivity index (χ0n) is 11.5. The predicted octanol–water partition coefficient (Wildman–Crippen LogP) is 3.10. The lowest BCUT2D eigenvalue weighted by Crippen LogP contribution is -2.34. The van der Waals surface area contributed by atoms with Crippen molar-refractivity contribution >= 4 is 28.5 Å². The van der Waals surface area contributed by atoms with Gasteiger partial charge < -0.3 is 9.64 Å². The molecule has 19 heavy (non-hydrogen) atoms. The molecule has 1 saturated heterocycles. The monoisotopic (exact) mass is 373 g/mol. The Morgan fingerprint density at radius 2 is 2.11 bits per heavy atom. The van der Waals surface area contributed by atoms with Crippen molar-refractivity contribution in [1.29, 1.82) is 0 Å². The summed E-state index contributed by atoms with van der Waals surface area (Å²) in [5.74, 6) is 0.699. The first kappa shape index (κ1) is 14.8. The smallest absolute Gasteiger partial charge is 0.254 e. The van der Waals surface area contributed by atoms with Crippen molar-refractivity contribution in [3.8, 4) is 0 Å². The lowest BCUT2D eigenvalue weighted by Gasteiger charge is -2.27. The number of carbonyl (C=O) groups is 1. The fourth-order valence-electron chi connectivity index (χ4n) is 2.42. The van der Waals surface area contributed by atoms with Crippen LogP contribution in [0.25, 0.3) is 0 Å². The number of hydrogen-bond donors (Lipinski definition) is 0. The van der Waals surface area contributed by atoms with E-state index in [9.17, 15) is 4.79 Å². The third-order valence-electron chi connectivity index (χ3n) is 3.64. The summed E-state index contributed by atoms with van der Waals surface area (Å²) in [6.45, 7) is 4.52. The van der Waals surface area contributed by atoms with Crippen LogP contribution in [0.4, 0.5) is 0 Å². The van der Waals surface area contributed by atoms with E-state index in [4.69, 9.17) is 4.74 Å². The molecule has 2 rings (SSSR count). The van der Waals surface area contributed by atoms with E-state index in [0.29, 0.717) is 5.92 Å². The molecule has 0 aromatic heterocycles. The van der Waals surface area contributed by atoms with Crippen LogP contribution in [0.3, 0.4) is 0 Å². The van der Waals surface area contributed by atoms with E-state index in [1.807, 2.05) is 37.1 Å². The minimum absolute atomic E-state index is 0.125. The number of amides is 1. The van der Waals surface area contributed by atoms with Crippen LogP contribution >= 0.6 is 22.6 Å². The minimum atomic E-state index is 0.125. The first-order valence-electron chi connectivity index (χ1n) is 6.68. The molecule has 1 aromatic carbocycles. The van der Waals surface area contributed by atoms with Crippen LogP contribution in [-0.4, -0.2) is 37.6 Å². The second-order valence-electron chi connectivity index (χ2n) is 5.18. The summed E-state index contributed by atoms with van der Waals surface area (Å²) in [7, 11) is 1.90. The van der Waals surface area contributed by atoms with E-state index < -0.39 is 0 Å². The van der Waals surface area contributed by atoms with E-state index in [2.05, 4.69) is 22.6 Å². The lowest BCUT2D eigenvalue weighted by molar-refractivity contribution is 0.0497. The second-order valence-corrected chi connectivity index (χ2v) is 6.26. The number of nitrogens with zero attached hydrogens (tertiary/aromatic N) is 1. The van der Waals surface area contributed by atoms with Crippen molar-refractivity contribution in [2.75, 3.05) is 26.8 Å². The Bertz CT molecular complexity index is 455. The molecule has 3 nitrogen and oxygen atoms in total. The van der Waals surface area contributed by atoms with E-state index in [1.54, 1.807) is 0 Å². The largest absolute Gasteiger partial charge is 0.381 e. The number of aryl methyl sites for hydroxylation is 1. The highest BCUT2D eigenvalue weighted by atomic mass is 127. The minimum Gasteiger partial charge on any atom is -0.381 e. The van der Waals surface area contributed by atoms with Gasteiger partial charge in [-0.05, 0) is 59.9 Å². The third kappa shape index (κ3) is 3.69. The summed E-state index contributed by atoms with van der Waals surface area (Å²) < 4.78 is 6.42. The molecule has 1 amide bonds. The fourth-order valence-corrected chi connectivity index (χ4v) is 3.01. The van der Waals surface area contributed by atoms with Crippen LogP contribution < -0.4 is 0 Å². The van der Waals surface area contributed by atoms with Crippen molar-refractivity contribution in [3.63, 3.8) is 0 Å². The quantitative estimate of drug-likeness (QED) is 0.763. The van der Waals surface area contributed by atoms with Gasteiger partial charge in [0.2, 0.25) is 0 Å². The number of halogens is 1. The predicted molar refractivity (Wildman–Crippen MR) is 84.4 cm³/mol. The molecule has 4 heteroatoms. The van der Waals surface area contributed by atoms with Gasteiger partial charge in [-0.2, -0.15) is 0 Å². The molecular formula is C15H20INO2. The summed E-state index contributed by atoms with van der Waals surface area (Å²) in [6.07, 6.45) is 2.12. The molecule has 0 saturated carbocycles. The first-order valence-corrected chi connectivity index (χ1v) is 7.76. The normalized spacial score (nSPS) is 16.4. The summed E-state index contributed by atoms with van der Waals surface area (Å²) in [5, 5.41) is 0. The number of carbonyl (C=O) groups excluding carboxylic acids is 1. The summed E-state index contributed by atoms with van der Waals surface area (Å²) in [4.78, 5) is 14.3. The van der Waals surface area contributed by atoms with E-state index >= 15 is 0 Å². The molecule has 0 aliphatic carbocycles. The standard InChI is InChI=1S/C15H20INO2/c1-11-4-3-5-13(14(11)16)15(18)17(2)10-12-6-8-19-9-7-12/h3-5,12H,6-10H2,1-2H3. The van der Waals surface area contributed by atoms with Gasteiger partial charge in [0.25, 0.3) is 5.91 Å². The van der Waals surface area contributed by atoms with Crippen LogP contribution in [0.2, 0.25) is 0 Å². The molecule has 0 unspecified atom stereocenters. The van der Waals surface area contributed by atoms with Crippen molar-refractivity contribution in [2.24, 2.45) is 5.92 Å². The van der Waals surface area contributed by atoms with Gasteiger partial charge in [-0.3, -0.25) is 4.79 Å². The molecular weight excluding hydrogens is 353 g/mol. The maximum Gasteiger partial charge on any atom is 0.254 e. The van der Waals surface area contributed by atoms with Crippen LogP contribution in [-0.2, 0) is 4.74 Å². The highest BCUT2D eigenvalue weighted by Gasteiger charge is 2.21. The molecule has 1 fully saturated rings. The molecule has 1 aromatic rings. The van der Waals surface area contributed by atoms with Gasteiger partial charge in [0.05, 0.1) is 5.56 Å². The van der Waals surface area contributed by atoms with Crippen molar-refractivity contribution < 1.29 is 9.53 Å². The highest BCUT2D eigenvalue weighted by Crippen LogP contribution is 2.20. The molecule has 0 bridgehead atoms. The van der Waals surface area contributed by atoms with Crippen LogP contribution in [0.15, 0.2) is 18.2 Å². The summed E-state index contributed by atoms with van der Waals surface area (Å²) in [5.41, 5.74) is 1.97. The number of ether oxygens (including phenoxy) is 1. The number of benzene rings is 1. The number of hydrogen-bond acceptors (Lipinski definition) is 2. The molecule has 0 radical (unpaired) electrons. The lowest BCUT2D eigenvalue weighted by atomic mass is 9.99. The van der Waals surface area contributed by atoms with Crippen LogP contribution in [0.5, 0.6) is 0 Å². The Morgan fingerprint density at radius 3 is 2.79 bits per heavy atom. The Morgan fingerprint density at radius 1 is 1.42 bits per heavy atom. The average Bonchev–Trinajstić information content (AvgIpc) is 2.42.